The summed E-state index contributed by atoms with van der Waals surface area (Å²) in [5.74, 6) is 0.390. The predicted molar refractivity (Wildman–Crippen MR) is 85.4 cm³/mol. The Balaban J connectivity index is 1.85. The minimum atomic E-state index is 0.390. The van der Waals surface area contributed by atoms with Crippen LogP contribution in [-0.4, -0.2) is 5.11 Å². The Labute approximate surface area is 125 Å². The molecule has 0 aromatic heterocycles. The molecule has 1 heteroatoms. The smallest absolute Gasteiger partial charge is 0.122 e. The first kappa shape index (κ1) is 13.4. The number of aromatic hydroxyl groups is 1. The van der Waals surface area contributed by atoms with Gasteiger partial charge in [0.2, 0.25) is 0 Å². The molecule has 0 saturated heterocycles. The van der Waals surface area contributed by atoms with Gasteiger partial charge in [0, 0.05) is 12.8 Å². The Bertz CT molecular complexity index is 643. The Morgan fingerprint density at radius 1 is 0.667 bits per heavy atom. The number of hydrogen-bond donors (Lipinski definition) is 1. The average molecular weight is 273 g/mol. The Kier molecular flexibility index (Phi) is 4.02. The zero-order valence-corrected chi connectivity index (χ0v) is 11.8. The van der Waals surface area contributed by atoms with E-state index >= 15 is 0 Å². The van der Waals surface area contributed by atoms with Crippen LogP contribution >= 0.6 is 0 Å². The molecule has 0 aliphatic heterocycles. The minimum absolute atomic E-state index is 0.390. The lowest BCUT2D eigenvalue weighted by atomic mass is 9.98. The molecule has 3 rings (SSSR count). The van der Waals surface area contributed by atoms with Crippen molar-refractivity contribution in [1.82, 2.24) is 0 Å². The summed E-state index contributed by atoms with van der Waals surface area (Å²) < 4.78 is 0. The maximum absolute atomic E-state index is 10.5. The van der Waals surface area contributed by atoms with Crippen LogP contribution in [0.1, 0.15) is 22.3 Å². The van der Waals surface area contributed by atoms with Gasteiger partial charge in [-0.25, -0.2) is 0 Å². The van der Waals surface area contributed by atoms with E-state index in [1.165, 1.54) is 11.1 Å². The molecule has 0 saturated carbocycles. The van der Waals surface area contributed by atoms with E-state index in [4.69, 9.17) is 0 Å². The quantitative estimate of drug-likeness (QED) is 0.748. The lowest BCUT2D eigenvalue weighted by molar-refractivity contribution is 0.463. The molecule has 0 bridgehead atoms. The van der Waals surface area contributed by atoms with Gasteiger partial charge in [0.05, 0.1) is 0 Å². The first-order valence-corrected chi connectivity index (χ1v) is 7.11. The molecule has 1 nitrogen and oxygen atoms in total. The summed E-state index contributed by atoms with van der Waals surface area (Å²) >= 11 is 0. The van der Waals surface area contributed by atoms with Crippen LogP contribution in [0, 0.1) is 6.07 Å². The lowest BCUT2D eigenvalue weighted by Crippen LogP contribution is -1.94. The third-order valence-corrected chi connectivity index (χ3v) is 3.60. The van der Waals surface area contributed by atoms with E-state index in [1.807, 2.05) is 48.5 Å². The molecule has 21 heavy (non-hydrogen) atoms. The normalized spacial score (nSPS) is 10.5. The van der Waals surface area contributed by atoms with Crippen LogP contribution in [0.25, 0.3) is 0 Å². The maximum Gasteiger partial charge on any atom is 0.122 e. The Morgan fingerprint density at radius 2 is 1.10 bits per heavy atom. The van der Waals surface area contributed by atoms with Crippen LogP contribution in [0.15, 0.2) is 72.8 Å². The van der Waals surface area contributed by atoms with Crippen molar-refractivity contribution in [1.29, 1.82) is 0 Å². The van der Waals surface area contributed by atoms with Crippen LogP contribution in [0.2, 0.25) is 0 Å². The fourth-order valence-corrected chi connectivity index (χ4v) is 2.49. The maximum atomic E-state index is 10.5. The third kappa shape index (κ3) is 3.32. The second-order valence-electron chi connectivity index (χ2n) is 5.18. The summed E-state index contributed by atoms with van der Waals surface area (Å²) in [5, 5.41) is 10.5. The lowest BCUT2D eigenvalue weighted by Gasteiger charge is -2.10. The Hall–Kier alpha value is -2.54. The molecule has 0 amide bonds. The molecule has 0 aliphatic carbocycles. The van der Waals surface area contributed by atoms with Gasteiger partial charge in [0.1, 0.15) is 5.75 Å². The number of hydrogen-bond acceptors (Lipinski definition) is 1. The van der Waals surface area contributed by atoms with Crippen LogP contribution in [-0.2, 0) is 12.8 Å². The van der Waals surface area contributed by atoms with Crippen LogP contribution < -0.4 is 0 Å². The number of rotatable bonds is 4. The highest BCUT2D eigenvalue weighted by atomic mass is 16.3. The largest absolute Gasteiger partial charge is 0.507 e. The summed E-state index contributed by atoms with van der Waals surface area (Å²) in [6.07, 6.45) is 1.46. The highest BCUT2D eigenvalue weighted by Crippen LogP contribution is 2.26. The second kappa shape index (κ2) is 6.27. The first-order valence-electron chi connectivity index (χ1n) is 7.11. The SMILES string of the molecule is Oc1c(Cc2ccccc2)c[c]cc1Cc1ccccc1. The number of benzene rings is 3. The van der Waals surface area contributed by atoms with Crippen molar-refractivity contribution in [2.45, 2.75) is 12.8 Å². The summed E-state index contributed by atoms with van der Waals surface area (Å²) in [6, 6.07) is 27.3. The number of phenols is 1. The summed E-state index contributed by atoms with van der Waals surface area (Å²) in [7, 11) is 0. The molecule has 0 atom stereocenters. The van der Waals surface area contributed by atoms with E-state index in [1.54, 1.807) is 0 Å². The van der Waals surface area contributed by atoms with E-state index in [-0.39, 0.29) is 0 Å². The summed E-state index contributed by atoms with van der Waals surface area (Å²) in [4.78, 5) is 0. The molecule has 1 radical (unpaired) electrons. The molecule has 103 valence electrons. The van der Waals surface area contributed by atoms with E-state index in [2.05, 4.69) is 30.3 Å². The van der Waals surface area contributed by atoms with Crippen LogP contribution in [0.3, 0.4) is 0 Å². The van der Waals surface area contributed by atoms with Crippen molar-refractivity contribution in [2.24, 2.45) is 0 Å². The predicted octanol–water partition coefficient (Wildman–Crippen LogP) is 4.37. The summed E-state index contributed by atoms with van der Waals surface area (Å²) in [6.45, 7) is 0. The third-order valence-electron chi connectivity index (χ3n) is 3.60. The van der Waals surface area contributed by atoms with Gasteiger partial charge >= 0.3 is 0 Å². The zero-order chi connectivity index (χ0) is 14.5. The standard InChI is InChI=1S/C20H17O/c21-20-18(14-16-8-3-1-4-9-16)12-7-13-19(20)15-17-10-5-2-6-11-17/h1-6,8-13,21H,14-15H2. The van der Waals surface area contributed by atoms with Crippen molar-refractivity contribution in [3.63, 3.8) is 0 Å². The molecule has 0 fully saturated rings. The monoisotopic (exact) mass is 273 g/mol. The second-order valence-corrected chi connectivity index (χ2v) is 5.18. The molecule has 3 aromatic rings. The van der Waals surface area contributed by atoms with Gasteiger partial charge in [-0.2, -0.15) is 0 Å². The van der Waals surface area contributed by atoms with Crippen molar-refractivity contribution in [3.05, 3.63) is 101 Å². The van der Waals surface area contributed by atoms with Gasteiger partial charge in [-0.1, -0.05) is 60.7 Å². The van der Waals surface area contributed by atoms with Gasteiger partial charge in [-0.05, 0) is 40.5 Å². The van der Waals surface area contributed by atoms with E-state index in [0.29, 0.717) is 5.75 Å². The summed E-state index contributed by atoms with van der Waals surface area (Å²) in [5.41, 5.74) is 4.24. The fourth-order valence-electron chi connectivity index (χ4n) is 2.49. The molecule has 0 spiro atoms. The highest BCUT2D eigenvalue weighted by molar-refractivity contribution is 5.44. The topological polar surface area (TPSA) is 20.2 Å². The zero-order valence-electron chi connectivity index (χ0n) is 11.8. The van der Waals surface area contributed by atoms with Gasteiger partial charge < -0.3 is 5.11 Å². The molecule has 3 aromatic carbocycles. The Morgan fingerprint density at radius 3 is 1.52 bits per heavy atom. The van der Waals surface area contributed by atoms with Crippen molar-refractivity contribution >= 4 is 0 Å². The first-order chi connectivity index (χ1) is 10.3. The minimum Gasteiger partial charge on any atom is -0.507 e. The molecule has 0 heterocycles. The number of phenolic OH excluding ortho intramolecular Hbond substituents is 1. The average Bonchev–Trinajstić information content (AvgIpc) is 2.53. The highest BCUT2D eigenvalue weighted by Gasteiger charge is 2.08. The van der Waals surface area contributed by atoms with Gasteiger partial charge in [0.25, 0.3) is 0 Å². The van der Waals surface area contributed by atoms with Crippen LogP contribution in [0.5, 0.6) is 5.75 Å². The van der Waals surface area contributed by atoms with E-state index in [9.17, 15) is 5.11 Å². The molecular formula is C20H17O. The van der Waals surface area contributed by atoms with Gasteiger partial charge in [-0.3, -0.25) is 0 Å². The molecule has 1 N–H and O–H groups in total. The van der Waals surface area contributed by atoms with Gasteiger partial charge in [0.15, 0.2) is 0 Å². The van der Waals surface area contributed by atoms with E-state index < -0.39 is 0 Å². The van der Waals surface area contributed by atoms with Crippen LogP contribution in [0.4, 0.5) is 0 Å². The van der Waals surface area contributed by atoms with Gasteiger partial charge in [-0.15, -0.1) is 0 Å². The van der Waals surface area contributed by atoms with E-state index in [0.717, 1.165) is 24.0 Å². The van der Waals surface area contributed by atoms with Crippen molar-refractivity contribution in [3.8, 4) is 5.75 Å². The molecule has 0 unspecified atom stereocenters. The van der Waals surface area contributed by atoms with Crippen molar-refractivity contribution < 1.29 is 5.11 Å². The molecular weight excluding hydrogens is 256 g/mol. The molecule has 0 aliphatic rings. The van der Waals surface area contributed by atoms with Crippen molar-refractivity contribution in [2.75, 3.05) is 0 Å². The fraction of sp³-hybridized carbons (Fsp3) is 0.100.